The van der Waals surface area contributed by atoms with Crippen LogP contribution in [0, 0.1) is 5.82 Å². The maximum Gasteiger partial charge on any atom is 0.262 e. The molecule has 3 aliphatic rings. The number of halogens is 1. The van der Waals surface area contributed by atoms with Crippen molar-refractivity contribution in [3.8, 4) is 0 Å². The highest BCUT2D eigenvalue weighted by Crippen LogP contribution is 2.34. The molecule has 0 radical (unpaired) electrons. The first-order chi connectivity index (χ1) is 14.3. The second kappa shape index (κ2) is 7.79. The molecule has 2 N–H and O–H groups in total. The van der Waals surface area contributed by atoms with Crippen LogP contribution in [0.25, 0.3) is 0 Å². The lowest BCUT2D eigenvalue weighted by atomic mass is 9.89. The zero-order valence-corrected chi connectivity index (χ0v) is 17.0. The Labute approximate surface area is 173 Å². The van der Waals surface area contributed by atoms with E-state index in [-0.39, 0.29) is 41.7 Å². The molecule has 4 amide bonds. The number of nitrogens with one attached hydrogen (secondary N) is 2. The largest absolute Gasteiger partial charge is 0.368 e. The van der Waals surface area contributed by atoms with Gasteiger partial charge in [-0.05, 0) is 38.4 Å². The van der Waals surface area contributed by atoms with Crippen molar-refractivity contribution in [3.63, 3.8) is 0 Å². The van der Waals surface area contributed by atoms with Crippen molar-refractivity contribution in [2.45, 2.75) is 56.7 Å². The van der Waals surface area contributed by atoms with Crippen molar-refractivity contribution in [1.82, 2.24) is 15.5 Å². The number of imide groups is 2. The van der Waals surface area contributed by atoms with Crippen LogP contribution in [0.5, 0.6) is 0 Å². The van der Waals surface area contributed by atoms with E-state index in [0.717, 1.165) is 36.6 Å². The number of likely N-dealkylation sites (N-methyl/N-ethyl adjacent to an activating group) is 2. The van der Waals surface area contributed by atoms with E-state index in [1.807, 2.05) is 11.9 Å². The molecule has 9 heteroatoms. The molecular formula is C21H25FN4O4. The van der Waals surface area contributed by atoms with Crippen LogP contribution in [0.15, 0.2) is 12.1 Å². The monoisotopic (exact) mass is 416 g/mol. The molecule has 0 bridgehead atoms. The van der Waals surface area contributed by atoms with Gasteiger partial charge in [0.1, 0.15) is 11.9 Å². The minimum Gasteiger partial charge on any atom is -0.368 e. The van der Waals surface area contributed by atoms with E-state index >= 15 is 4.39 Å². The lowest BCUT2D eigenvalue weighted by Gasteiger charge is -2.39. The number of nitrogens with zero attached hydrogens (tertiary/aromatic N) is 2. The summed E-state index contributed by atoms with van der Waals surface area (Å²) in [7, 11) is 3.68. The van der Waals surface area contributed by atoms with Crippen molar-refractivity contribution in [2.75, 3.05) is 19.0 Å². The number of benzene rings is 1. The molecule has 2 heterocycles. The predicted octanol–water partition coefficient (Wildman–Crippen LogP) is 1.19. The number of hydrogen-bond acceptors (Lipinski definition) is 6. The normalized spacial score (nSPS) is 26.6. The van der Waals surface area contributed by atoms with E-state index in [2.05, 4.69) is 10.6 Å². The number of hydrogen-bond donors (Lipinski definition) is 2. The summed E-state index contributed by atoms with van der Waals surface area (Å²) >= 11 is 0. The minimum absolute atomic E-state index is 0.0409. The number of fused-ring (bicyclic) bond motifs is 1. The topological polar surface area (TPSA) is 98.8 Å². The maximum absolute atomic E-state index is 15.0. The van der Waals surface area contributed by atoms with Gasteiger partial charge in [-0.1, -0.05) is 12.8 Å². The van der Waals surface area contributed by atoms with Gasteiger partial charge in [0.2, 0.25) is 11.8 Å². The Morgan fingerprint density at radius 2 is 1.73 bits per heavy atom. The van der Waals surface area contributed by atoms with Crippen LogP contribution in [0.4, 0.5) is 10.1 Å². The first kappa shape index (κ1) is 20.5. The standard InChI is InChI=1S/C21H25FN4O4/c1-23-14-5-3-4-6-15(14)25(2)17-10-12-11(9-13(17)22)20(29)26(21(12)30)16-7-8-18(27)24-19(16)28/h9-10,14-16,23H,3-8H2,1-2H3,(H,24,27,28)/t14-,15-,16?/m1/s1. The van der Waals surface area contributed by atoms with Crippen molar-refractivity contribution < 1.29 is 23.6 Å². The Bertz CT molecular complexity index is 934. The number of amides is 4. The fourth-order valence-corrected chi connectivity index (χ4v) is 4.84. The van der Waals surface area contributed by atoms with Gasteiger partial charge in [-0.15, -0.1) is 0 Å². The quantitative estimate of drug-likeness (QED) is 0.716. The molecule has 2 aliphatic heterocycles. The second-order valence-corrected chi connectivity index (χ2v) is 8.15. The number of piperidine rings is 1. The van der Waals surface area contributed by atoms with Gasteiger partial charge in [0.25, 0.3) is 11.8 Å². The molecule has 1 saturated carbocycles. The van der Waals surface area contributed by atoms with Gasteiger partial charge in [0, 0.05) is 25.6 Å². The molecule has 4 rings (SSSR count). The van der Waals surface area contributed by atoms with E-state index in [4.69, 9.17) is 0 Å². The lowest BCUT2D eigenvalue weighted by molar-refractivity contribution is -0.136. The molecule has 1 aromatic rings. The van der Waals surface area contributed by atoms with Crippen molar-refractivity contribution in [3.05, 3.63) is 29.1 Å². The summed E-state index contributed by atoms with van der Waals surface area (Å²) in [6.07, 6.45) is 4.14. The van der Waals surface area contributed by atoms with Crippen LogP contribution in [0.2, 0.25) is 0 Å². The van der Waals surface area contributed by atoms with Crippen LogP contribution in [0.1, 0.15) is 59.2 Å². The number of carbonyl (C=O) groups is 4. The molecule has 1 aliphatic carbocycles. The summed E-state index contributed by atoms with van der Waals surface area (Å²) in [4.78, 5) is 52.1. The summed E-state index contributed by atoms with van der Waals surface area (Å²) in [5.41, 5.74) is 0.296. The van der Waals surface area contributed by atoms with Crippen LogP contribution >= 0.6 is 0 Å². The fourth-order valence-electron chi connectivity index (χ4n) is 4.84. The summed E-state index contributed by atoms with van der Waals surface area (Å²) in [6, 6.07) is 1.71. The summed E-state index contributed by atoms with van der Waals surface area (Å²) in [5, 5.41) is 5.44. The van der Waals surface area contributed by atoms with E-state index in [9.17, 15) is 19.2 Å². The molecule has 0 spiro atoms. The maximum atomic E-state index is 15.0. The van der Waals surface area contributed by atoms with Gasteiger partial charge < -0.3 is 10.2 Å². The highest BCUT2D eigenvalue weighted by atomic mass is 19.1. The average molecular weight is 416 g/mol. The molecule has 8 nitrogen and oxygen atoms in total. The average Bonchev–Trinajstić information content (AvgIpc) is 2.96. The summed E-state index contributed by atoms with van der Waals surface area (Å²) in [6.45, 7) is 0. The predicted molar refractivity (Wildman–Crippen MR) is 107 cm³/mol. The molecule has 1 aromatic carbocycles. The lowest BCUT2D eigenvalue weighted by Crippen LogP contribution is -2.54. The molecule has 30 heavy (non-hydrogen) atoms. The Morgan fingerprint density at radius 1 is 1.07 bits per heavy atom. The first-order valence-electron chi connectivity index (χ1n) is 10.3. The third-order valence-electron chi connectivity index (χ3n) is 6.48. The minimum atomic E-state index is -1.06. The first-order valence-corrected chi connectivity index (χ1v) is 10.3. The molecule has 0 aromatic heterocycles. The van der Waals surface area contributed by atoms with Crippen molar-refractivity contribution in [1.29, 1.82) is 0 Å². The molecule has 1 saturated heterocycles. The van der Waals surface area contributed by atoms with E-state index in [1.54, 1.807) is 7.05 Å². The Balaban J connectivity index is 1.65. The van der Waals surface area contributed by atoms with Gasteiger partial charge in [-0.25, -0.2) is 4.39 Å². The van der Waals surface area contributed by atoms with Crippen molar-refractivity contribution >= 4 is 29.3 Å². The zero-order chi connectivity index (χ0) is 21.6. The number of rotatable bonds is 4. The second-order valence-electron chi connectivity index (χ2n) is 8.15. The zero-order valence-electron chi connectivity index (χ0n) is 17.0. The van der Waals surface area contributed by atoms with Crippen LogP contribution in [0.3, 0.4) is 0 Å². The van der Waals surface area contributed by atoms with E-state index < -0.39 is 35.5 Å². The summed E-state index contributed by atoms with van der Waals surface area (Å²) in [5.74, 6) is -3.04. The van der Waals surface area contributed by atoms with Gasteiger partial charge in [-0.2, -0.15) is 0 Å². The molecular weight excluding hydrogens is 391 g/mol. The Hall–Kier alpha value is -2.81. The SMILES string of the molecule is CN[C@@H]1CCCC[C@H]1N(C)c1cc2c(cc1F)C(=O)N(C1CCC(=O)NC1=O)C2=O. The molecule has 160 valence electrons. The molecule has 1 unspecified atom stereocenters. The third kappa shape index (κ3) is 3.27. The van der Waals surface area contributed by atoms with Crippen LogP contribution in [-0.2, 0) is 9.59 Å². The smallest absolute Gasteiger partial charge is 0.262 e. The van der Waals surface area contributed by atoms with Crippen LogP contribution in [-0.4, -0.2) is 60.7 Å². The summed E-state index contributed by atoms with van der Waals surface area (Å²) < 4.78 is 15.0. The van der Waals surface area contributed by atoms with E-state index in [0.29, 0.717) is 0 Å². The van der Waals surface area contributed by atoms with Gasteiger partial charge in [-0.3, -0.25) is 29.4 Å². The van der Waals surface area contributed by atoms with Gasteiger partial charge >= 0.3 is 0 Å². The molecule has 2 fully saturated rings. The van der Waals surface area contributed by atoms with Gasteiger partial charge in [0.05, 0.1) is 16.8 Å². The number of carbonyl (C=O) groups excluding carboxylic acids is 4. The Morgan fingerprint density at radius 3 is 2.40 bits per heavy atom. The van der Waals surface area contributed by atoms with Gasteiger partial charge in [0.15, 0.2) is 0 Å². The van der Waals surface area contributed by atoms with Crippen LogP contribution < -0.4 is 15.5 Å². The molecule has 3 atom stereocenters. The van der Waals surface area contributed by atoms with Crippen molar-refractivity contribution in [2.24, 2.45) is 0 Å². The fraction of sp³-hybridized carbons (Fsp3) is 0.524. The van der Waals surface area contributed by atoms with E-state index in [1.165, 1.54) is 6.07 Å². The highest BCUT2D eigenvalue weighted by Gasteiger charge is 2.45. The highest BCUT2D eigenvalue weighted by molar-refractivity contribution is 6.23. The number of anilines is 1. The Kier molecular flexibility index (Phi) is 5.31. The third-order valence-corrected chi connectivity index (χ3v) is 6.48.